The molecule has 0 aliphatic carbocycles. The number of fused-ring (bicyclic) bond motifs is 1. The molecule has 0 radical (unpaired) electrons. The average molecular weight is 366 g/mol. The lowest BCUT2D eigenvalue weighted by Gasteiger charge is -2.12. The van der Waals surface area contributed by atoms with Gasteiger partial charge < -0.3 is 14.2 Å². The van der Waals surface area contributed by atoms with Crippen LogP contribution in [0.4, 0.5) is 0 Å². The fourth-order valence-electron chi connectivity index (χ4n) is 2.88. The molecule has 0 N–H and O–H groups in total. The zero-order valence-corrected chi connectivity index (χ0v) is 15.4. The Bertz CT molecular complexity index is 1080. The Hall–Kier alpha value is -3.66. The average Bonchev–Trinajstić information content (AvgIpc) is 3.21. The van der Waals surface area contributed by atoms with Gasteiger partial charge in [-0.15, -0.1) is 0 Å². The summed E-state index contributed by atoms with van der Waals surface area (Å²) >= 11 is 0. The van der Waals surface area contributed by atoms with Crippen molar-refractivity contribution >= 4 is 0 Å². The molecule has 1 unspecified atom stereocenters. The van der Waals surface area contributed by atoms with E-state index < -0.39 is 6.10 Å². The van der Waals surface area contributed by atoms with Gasteiger partial charge in [0.1, 0.15) is 6.10 Å². The van der Waals surface area contributed by atoms with E-state index >= 15 is 0 Å². The summed E-state index contributed by atoms with van der Waals surface area (Å²) in [5.41, 5.74) is 3.54. The summed E-state index contributed by atoms with van der Waals surface area (Å²) in [6, 6.07) is 23.5. The maximum Gasteiger partial charge on any atom is 0.231 e. The first-order valence-corrected chi connectivity index (χ1v) is 8.93. The Morgan fingerprint density at radius 2 is 1.39 bits per heavy atom. The summed E-state index contributed by atoms with van der Waals surface area (Å²) < 4.78 is 16.7. The lowest BCUT2D eigenvalue weighted by molar-refractivity contribution is 0.149. The van der Waals surface area contributed by atoms with Crippen molar-refractivity contribution in [1.82, 2.24) is 0 Å². The van der Waals surface area contributed by atoms with Gasteiger partial charge >= 0.3 is 0 Å². The van der Waals surface area contributed by atoms with Gasteiger partial charge in [-0.3, -0.25) is 0 Å². The SMILES string of the molecule is COC(C#Cc1ccccc1)c1cc2c(cc1C#Cc1ccccc1)OCO2. The fraction of sp³-hybridized carbons (Fsp3) is 0.120. The normalized spacial score (nSPS) is 12.3. The molecule has 1 aliphatic heterocycles. The van der Waals surface area contributed by atoms with Crippen LogP contribution in [0.25, 0.3) is 0 Å². The molecule has 0 fully saturated rings. The topological polar surface area (TPSA) is 27.7 Å². The number of ether oxygens (including phenoxy) is 3. The zero-order valence-electron chi connectivity index (χ0n) is 15.4. The highest BCUT2D eigenvalue weighted by Gasteiger charge is 2.20. The first-order chi connectivity index (χ1) is 13.8. The summed E-state index contributed by atoms with van der Waals surface area (Å²) in [6.07, 6.45) is -0.435. The number of hydrogen-bond donors (Lipinski definition) is 0. The lowest BCUT2D eigenvalue weighted by atomic mass is 10.0. The highest BCUT2D eigenvalue weighted by molar-refractivity contribution is 5.57. The van der Waals surface area contributed by atoms with E-state index in [0.29, 0.717) is 11.5 Å². The van der Waals surface area contributed by atoms with Crippen LogP contribution in [-0.2, 0) is 4.74 Å². The van der Waals surface area contributed by atoms with E-state index in [1.807, 2.05) is 72.8 Å². The van der Waals surface area contributed by atoms with Gasteiger partial charge in [-0.05, 0) is 30.3 Å². The molecule has 0 aromatic heterocycles. The molecule has 0 amide bonds. The molecule has 3 aromatic carbocycles. The zero-order chi connectivity index (χ0) is 19.2. The van der Waals surface area contributed by atoms with Crippen molar-refractivity contribution in [1.29, 1.82) is 0 Å². The van der Waals surface area contributed by atoms with E-state index in [0.717, 1.165) is 22.3 Å². The monoisotopic (exact) mass is 366 g/mol. The van der Waals surface area contributed by atoms with Gasteiger partial charge in [0, 0.05) is 35.4 Å². The van der Waals surface area contributed by atoms with Crippen LogP contribution in [0.1, 0.15) is 28.4 Å². The highest BCUT2D eigenvalue weighted by atomic mass is 16.7. The predicted octanol–water partition coefficient (Wildman–Crippen LogP) is 4.55. The van der Waals surface area contributed by atoms with Gasteiger partial charge in [-0.1, -0.05) is 60.1 Å². The molecule has 136 valence electrons. The number of rotatable bonds is 2. The van der Waals surface area contributed by atoms with Crippen molar-refractivity contribution in [3.63, 3.8) is 0 Å². The standard InChI is InChI=1S/C25H18O3/c1-26-23(15-13-20-10-6-3-7-11-20)22-17-25-24(27-18-28-25)16-21(22)14-12-19-8-4-2-5-9-19/h2-11,16-17,23H,18H2,1H3. The Balaban J connectivity index is 1.74. The second-order valence-electron chi connectivity index (χ2n) is 6.16. The van der Waals surface area contributed by atoms with Gasteiger partial charge in [-0.2, -0.15) is 0 Å². The summed E-state index contributed by atoms with van der Waals surface area (Å²) in [5.74, 6) is 14.2. The minimum atomic E-state index is -0.435. The first-order valence-electron chi connectivity index (χ1n) is 8.93. The smallest absolute Gasteiger partial charge is 0.231 e. The molecule has 0 spiro atoms. The Kier molecular flexibility index (Phi) is 5.29. The second-order valence-corrected chi connectivity index (χ2v) is 6.16. The third kappa shape index (κ3) is 4.01. The molecular weight excluding hydrogens is 348 g/mol. The van der Waals surface area contributed by atoms with Crippen LogP contribution in [0, 0.1) is 23.7 Å². The van der Waals surface area contributed by atoms with Gasteiger partial charge in [0.15, 0.2) is 11.5 Å². The fourth-order valence-corrected chi connectivity index (χ4v) is 2.88. The van der Waals surface area contributed by atoms with Crippen LogP contribution in [-0.4, -0.2) is 13.9 Å². The molecule has 3 aromatic rings. The van der Waals surface area contributed by atoms with Crippen molar-refractivity contribution in [2.75, 3.05) is 13.9 Å². The predicted molar refractivity (Wildman–Crippen MR) is 108 cm³/mol. The Labute approximate surface area is 164 Å². The van der Waals surface area contributed by atoms with Crippen molar-refractivity contribution in [3.8, 4) is 35.2 Å². The molecule has 4 rings (SSSR count). The van der Waals surface area contributed by atoms with E-state index in [9.17, 15) is 0 Å². The van der Waals surface area contributed by atoms with Crippen LogP contribution in [0.5, 0.6) is 11.5 Å². The maximum absolute atomic E-state index is 5.67. The largest absolute Gasteiger partial charge is 0.454 e. The summed E-state index contributed by atoms with van der Waals surface area (Å²) in [4.78, 5) is 0. The van der Waals surface area contributed by atoms with Gasteiger partial charge in [-0.25, -0.2) is 0 Å². The Morgan fingerprint density at radius 3 is 2.04 bits per heavy atom. The van der Waals surface area contributed by atoms with Crippen LogP contribution < -0.4 is 9.47 Å². The van der Waals surface area contributed by atoms with Crippen LogP contribution in [0.15, 0.2) is 72.8 Å². The summed E-state index contributed by atoms with van der Waals surface area (Å²) in [5, 5.41) is 0. The third-order valence-corrected chi connectivity index (χ3v) is 4.30. The minimum absolute atomic E-state index is 0.206. The first kappa shape index (κ1) is 17.7. The van der Waals surface area contributed by atoms with Crippen LogP contribution >= 0.6 is 0 Å². The highest BCUT2D eigenvalue weighted by Crippen LogP contribution is 2.37. The van der Waals surface area contributed by atoms with E-state index in [4.69, 9.17) is 14.2 Å². The van der Waals surface area contributed by atoms with E-state index in [1.54, 1.807) is 7.11 Å². The molecule has 1 aliphatic rings. The van der Waals surface area contributed by atoms with Crippen molar-refractivity contribution in [3.05, 3.63) is 95.1 Å². The van der Waals surface area contributed by atoms with Crippen molar-refractivity contribution in [2.45, 2.75) is 6.10 Å². The van der Waals surface area contributed by atoms with Crippen LogP contribution in [0.2, 0.25) is 0 Å². The second kappa shape index (κ2) is 8.35. The van der Waals surface area contributed by atoms with Gasteiger partial charge in [0.2, 0.25) is 6.79 Å². The molecule has 1 heterocycles. The summed E-state index contributed by atoms with van der Waals surface area (Å²) in [7, 11) is 1.64. The van der Waals surface area contributed by atoms with Crippen LogP contribution in [0.3, 0.4) is 0 Å². The molecule has 1 atom stereocenters. The lowest BCUT2D eigenvalue weighted by Crippen LogP contribution is -2.02. The molecule has 0 saturated carbocycles. The summed E-state index contributed by atoms with van der Waals surface area (Å²) in [6.45, 7) is 0.206. The van der Waals surface area contributed by atoms with E-state index in [-0.39, 0.29) is 6.79 Å². The Morgan fingerprint density at radius 1 is 0.786 bits per heavy atom. The molecule has 28 heavy (non-hydrogen) atoms. The molecule has 0 saturated heterocycles. The minimum Gasteiger partial charge on any atom is -0.454 e. The van der Waals surface area contributed by atoms with E-state index in [2.05, 4.69) is 23.7 Å². The maximum atomic E-state index is 5.67. The molecule has 3 nitrogen and oxygen atoms in total. The molecule has 0 bridgehead atoms. The van der Waals surface area contributed by atoms with Crippen molar-refractivity contribution in [2.24, 2.45) is 0 Å². The molecular formula is C25H18O3. The number of benzene rings is 3. The van der Waals surface area contributed by atoms with Crippen molar-refractivity contribution < 1.29 is 14.2 Å². The quantitative estimate of drug-likeness (QED) is 0.623. The number of methoxy groups -OCH3 is 1. The van der Waals surface area contributed by atoms with Gasteiger partial charge in [0.05, 0.1) is 0 Å². The van der Waals surface area contributed by atoms with E-state index in [1.165, 1.54) is 0 Å². The number of hydrogen-bond acceptors (Lipinski definition) is 3. The van der Waals surface area contributed by atoms with Gasteiger partial charge in [0.25, 0.3) is 0 Å². The third-order valence-electron chi connectivity index (χ3n) is 4.30. The molecule has 3 heteroatoms.